The zero-order chi connectivity index (χ0) is 11.5. The van der Waals surface area contributed by atoms with Crippen LogP contribution in [-0.2, 0) is 4.79 Å². The molecule has 1 aromatic carbocycles. The van der Waals surface area contributed by atoms with Crippen molar-refractivity contribution in [1.29, 1.82) is 0 Å². The van der Waals surface area contributed by atoms with Gasteiger partial charge in [0, 0.05) is 12.5 Å². The number of carbonyl (C=O) groups excluding carboxylic acids is 2. The second-order valence-electron chi connectivity index (χ2n) is 3.93. The molecule has 3 amide bonds. The summed E-state index contributed by atoms with van der Waals surface area (Å²) in [5.41, 5.74) is 0.624. The van der Waals surface area contributed by atoms with Crippen LogP contribution < -0.4 is 10.2 Å². The average Bonchev–Trinajstić information content (AvgIpc) is 2.41. The Morgan fingerprint density at radius 1 is 1.25 bits per heavy atom. The number of benzene rings is 1. The summed E-state index contributed by atoms with van der Waals surface area (Å²) in [5.74, 6) is -0.264. The van der Waals surface area contributed by atoms with Gasteiger partial charge >= 0.3 is 6.03 Å². The predicted octanol–water partition coefficient (Wildman–Crippen LogP) is 1.77. The highest BCUT2D eigenvalue weighted by Crippen LogP contribution is 2.19. The Labute approximate surface area is 94.2 Å². The van der Waals surface area contributed by atoms with Gasteiger partial charge in [-0.25, -0.2) is 9.69 Å². The number of amides is 3. The lowest BCUT2D eigenvalue weighted by Gasteiger charge is -2.20. The molecule has 0 bridgehead atoms. The third-order valence-corrected chi connectivity index (χ3v) is 2.71. The van der Waals surface area contributed by atoms with Crippen molar-refractivity contribution in [2.24, 2.45) is 5.92 Å². The zero-order valence-corrected chi connectivity index (χ0v) is 9.14. The average molecular weight is 218 g/mol. The van der Waals surface area contributed by atoms with E-state index in [4.69, 9.17) is 0 Å². The summed E-state index contributed by atoms with van der Waals surface area (Å²) < 4.78 is 0. The van der Waals surface area contributed by atoms with E-state index in [0.29, 0.717) is 18.7 Å². The largest absolute Gasteiger partial charge is 0.337 e. The summed E-state index contributed by atoms with van der Waals surface area (Å²) in [6, 6.07) is 8.66. The quantitative estimate of drug-likeness (QED) is 0.781. The fourth-order valence-electron chi connectivity index (χ4n) is 1.74. The molecule has 1 saturated heterocycles. The Morgan fingerprint density at radius 3 is 2.62 bits per heavy atom. The summed E-state index contributed by atoms with van der Waals surface area (Å²) in [7, 11) is 0. The van der Waals surface area contributed by atoms with Crippen molar-refractivity contribution in [2.75, 3.05) is 11.4 Å². The van der Waals surface area contributed by atoms with E-state index < -0.39 is 0 Å². The monoisotopic (exact) mass is 218 g/mol. The van der Waals surface area contributed by atoms with E-state index in [1.165, 1.54) is 4.90 Å². The maximum Gasteiger partial charge on any atom is 0.328 e. The van der Waals surface area contributed by atoms with Crippen LogP contribution in [0.15, 0.2) is 30.3 Å². The van der Waals surface area contributed by atoms with Gasteiger partial charge in [-0.2, -0.15) is 0 Å². The molecule has 0 radical (unpaired) electrons. The molecule has 0 spiro atoms. The van der Waals surface area contributed by atoms with Gasteiger partial charge < -0.3 is 5.32 Å². The normalized spacial score (nSPS) is 21.6. The highest BCUT2D eigenvalue weighted by atomic mass is 16.2. The lowest BCUT2D eigenvalue weighted by Crippen LogP contribution is -2.42. The number of nitrogens with one attached hydrogen (secondary N) is 1. The number of hydrogen-bond donors (Lipinski definition) is 1. The lowest BCUT2D eigenvalue weighted by molar-refractivity contribution is -0.121. The Bertz CT molecular complexity index is 403. The van der Waals surface area contributed by atoms with Crippen LogP contribution >= 0.6 is 0 Å². The number of imide groups is 1. The number of nitrogens with zero attached hydrogens (tertiary/aromatic N) is 1. The minimum Gasteiger partial charge on any atom is -0.337 e. The van der Waals surface area contributed by atoms with Gasteiger partial charge in [-0.15, -0.1) is 0 Å². The van der Waals surface area contributed by atoms with Crippen LogP contribution in [0.25, 0.3) is 0 Å². The van der Waals surface area contributed by atoms with Gasteiger partial charge in [0.05, 0.1) is 5.69 Å². The van der Waals surface area contributed by atoms with Gasteiger partial charge in [0.2, 0.25) is 5.91 Å². The van der Waals surface area contributed by atoms with Crippen LogP contribution in [0.5, 0.6) is 0 Å². The van der Waals surface area contributed by atoms with Gasteiger partial charge in [-0.1, -0.05) is 25.1 Å². The van der Waals surface area contributed by atoms with Gasteiger partial charge in [0.25, 0.3) is 0 Å². The van der Waals surface area contributed by atoms with Gasteiger partial charge in [-0.05, 0) is 18.6 Å². The Hall–Kier alpha value is -1.84. The molecule has 16 heavy (non-hydrogen) atoms. The van der Waals surface area contributed by atoms with E-state index in [1.807, 2.05) is 25.1 Å². The van der Waals surface area contributed by atoms with Crippen molar-refractivity contribution in [2.45, 2.75) is 13.3 Å². The molecular weight excluding hydrogens is 204 g/mol. The Balaban J connectivity index is 2.36. The summed E-state index contributed by atoms with van der Waals surface area (Å²) in [6.07, 6.45) is 0.688. The zero-order valence-electron chi connectivity index (χ0n) is 9.14. The number of para-hydroxylation sites is 1. The molecular formula is C12H14N2O2. The molecule has 1 aliphatic rings. The molecule has 4 heteroatoms. The van der Waals surface area contributed by atoms with Crippen LogP contribution in [-0.4, -0.2) is 18.5 Å². The molecule has 1 N–H and O–H groups in total. The molecule has 2 rings (SSSR count). The fraction of sp³-hybridized carbons (Fsp3) is 0.333. The maximum absolute atomic E-state index is 12.0. The van der Waals surface area contributed by atoms with Crippen molar-refractivity contribution in [3.05, 3.63) is 30.3 Å². The number of anilines is 1. The molecule has 1 aliphatic heterocycles. The minimum absolute atomic E-state index is 0.126. The third-order valence-electron chi connectivity index (χ3n) is 2.71. The van der Waals surface area contributed by atoms with Crippen LogP contribution in [0.4, 0.5) is 10.5 Å². The topological polar surface area (TPSA) is 49.4 Å². The number of carbonyl (C=O) groups is 2. The second-order valence-corrected chi connectivity index (χ2v) is 3.93. The first-order chi connectivity index (χ1) is 7.70. The van der Waals surface area contributed by atoms with Crippen molar-refractivity contribution >= 4 is 17.6 Å². The fourth-order valence-corrected chi connectivity index (χ4v) is 1.74. The standard InChI is InChI=1S/C12H14N2O2/c1-9-7-8-13-12(16)14(11(9)15)10-5-3-2-4-6-10/h2-6,9H,7-8H2,1H3,(H,13,16). The van der Waals surface area contributed by atoms with Crippen LogP contribution in [0, 0.1) is 5.92 Å². The molecule has 0 aliphatic carbocycles. The molecule has 4 nitrogen and oxygen atoms in total. The van der Waals surface area contributed by atoms with E-state index in [9.17, 15) is 9.59 Å². The highest BCUT2D eigenvalue weighted by molar-refractivity contribution is 6.15. The summed E-state index contributed by atoms with van der Waals surface area (Å²) in [5, 5.41) is 2.72. The molecule has 1 atom stereocenters. The maximum atomic E-state index is 12.0. The number of rotatable bonds is 1. The van der Waals surface area contributed by atoms with Gasteiger partial charge in [0.1, 0.15) is 0 Å². The lowest BCUT2D eigenvalue weighted by atomic mass is 10.1. The number of urea groups is 1. The van der Waals surface area contributed by atoms with E-state index in [0.717, 1.165) is 0 Å². The molecule has 1 aromatic rings. The smallest absolute Gasteiger partial charge is 0.328 e. The van der Waals surface area contributed by atoms with E-state index in [-0.39, 0.29) is 17.9 Å². The minimum atomic E-state index is -0.333. The van der Waals surface area contributed by atoms with E-state index in [1.54, 1.807) is 12.1 Å². The first-order valence-corrected chi connectivity index (χ1v) is 5.37. The Morgan fingerprint density at radius 2 is 1.94 bits per heavy atom. The van der Waals surface area contributed by atoms with Gasteiger partial charge in [-0.3, -0.25) is 4.79 Å². The summed E-state index contributed by atoms with van der Waals surface area (Å²) >= 11 is 0. The highest BCUT2D eigenvalue weighted by Gasteiger charge is 2.30. The molecule has 0 aromatic heterocycles. The second kappa shape index (κ2) is 4.35. The van der Waals surface area contributed by atoms with E-state index >= 15 is 0 Å². The van der Waals surface area contributed by atoms with Gasteiger partial charge in [0.15, 0.2) is 0 Å². The SMILES string of the molecule is CC1CCNC(=O)N(c2ccccc2)C1=O. The van der Waals surface area contributed by atoms with Crippen LogP contribution in [0.1, 0.15) is 13.3 Å². The van der Waals surface area contributed by atoms with Crippen molar-refractivity contribution in [1.82, 2.24) is 5.32 Å². The first-order valence-electron chi connectivity index (χ1n) is 5.37. The summed E-state index contributed by atoms with van der Waals surface area (Å²) in [6.45, 7) is 2.40. The molecule has 1 unspecified atom stereocenters. The van der Waals surface area contributed by atoms with Crippen LogP contribution in [0.2, 0.25) is 0 Å². The molecule has 0 saturated carbocycles. The van der Waals surface area contributed by atoms with Crippen molar-refractivity contribution < 1.29 is 9.59 Å². The van der Waals surface area contributed by atoms with E-state index in [2.05, 4.69) is 5.32 Å². The predicted molar refractivity (Wildman–Crippen MR) is 61.1 cm³/mol. The summed E-state index contributed by atoms with van der Waals surface area (Å²) in [4.78, 5) is 25.0. The van der Waals surface area contributed by atoms with Crippen molar-refractivity contribution in [3.63, 3.8) is 0 Å². The van der Waals surface area contributed by atoms with Crippen LogP contribution in [0.3, 0.4) is 0 Å². The molecule has 1 heterocycles. The third kappa shape index (κ3) is 1.91. The first kappa shape index (κ1) is 10.7. The molecule has 84 valence electrons. The number of hydrogen-bond acceptors (Lipinski definition) is 2. The van der Waals surface area contributed by atoms with Crippen molar-refractivity contribution in [3.8, 4) is 0 Å². The Kier molecular flexibility index (Phi) is 2.90. The molecule has 1 fully saturated rings.